The lowest BCUT2D eigenvalue weighted by molar-refractivity contribution is -0.126. The monoisotopic (exact) mass is 307 g/mol. The van der Waals surface area contributed by atoms with E-state index in [4.69, 9.17) is 9.53 Å². The van der Waals surface area contributed by atoms with E-state index in [0.717, 1.165) is 0 Å². The first-order valence-corrected chi connectivity index (χ1v) is 7.17. The van der Waals surface area contributed by atoms with Crippen LogP contribution in [0.25, 0.3) is 0 Å². The Bertz CT molecular complexity index is 254. The van der Waals surface area contributed by atoms with Crippen LogP contribution in [-0.2, 0) is 14.3 Å². The number of carbonyl (C=O) groups is 2. The molecule has 120 valence electrons. The molecule has 6 heteroatoms. The largest absolute Gasteiger partial charge is 0.471 e. The van der Waals surface area contributed by atoms with Gasteiger partial charge in [0, 0.05) is 13.1 Å². The number of nitrogens with zero attached hydrogens (tertiary/aromatic N) is 1. The van der Waals surface area contributed by atoms with Crippen LogP contribution < -0.4 is 0 Å². The molecule has 1 aliphatic heterocycles. The third-order valence-electron chi connectivity index (χ3n) is 1.51. The van der Waals surface area contributed by atoms with E-state index in [1.165, 1.54) is 7.11 Å². The predicted octanol–water partition coefficient (Wildman–Crippen LogP) is 3.50. The van der Waals surface area contributed by atoms with Gasteiger partial charge < -0.3 is 14.4 Å². The van der Waals surface area contributed by atoms with Crippen molar-refractivity contribution in [2.75, 3.05) is 20.2 Å². The van der Waals surface area contributed by atoms with Gasteiger partial charge in [-0.25, -0.2) is 4.79 Å². The molecule has 0 spiro atoms. The summed E-state index contributed by atoms with van der Waals surface area (Å²) in [7, 11) is 1.31. The summed E-state index contributed by atoms with van der Waals surface area (Å²) in [6, 6.07) is 0. The quantitative estimate of drug-likeness (QED) is 0.367. The fourth-order valence-electron chi connectivity index (χ4n) is 0.905. The Morgan fingerprint density at radius 1 is 1.20 bits per heavy atom. The van der Waals surface area contributed by atoms with Crippen molar-refractivity contribution >= 4 is 25.2 Å². The van der Waals surface area contributed by atoms with Crippen LogP contribution in [0.3, 0.4) is 0 Å². The van der Waals surface area contributed by atoms with Gasteiger partial charge in [-0.05, 0) is 13.8 Å². The van der Waals surface area contributed by atoms with Crippen molar-refractivity contribution in [2.24, 2.45) is 0 Å². The molecule has 1 rings (SSSR count). The van der Waals surface area contributed by atoms with Crippen molar-refractivity contribution in [3.63, 3.8) is 0 Å². The van der Waals surface area contributed by atoms with Gasteiger partial charge in [0.2, 0.25) is 0 Å². The Kier molecular flexibility index (Phi) is 19.0. The van der Waals surface area contributed by atoms with Crippen molar-refractivity contribution in [2.45, 2.75) is 46.5 Å². The number of hydrogen-bond donors (Lipinski definition) is 1. The van der Waals surface area contributed by atoms with Crippen molar-refractivity contribution in [1.82, 2.24) is 4.90 Å². The Morgan fingerprint density at radius 3 is 1.80 bits per heavy atom. The van der Waals surface area contributed by atoms with E-state index in [9.17, 15) is 4.79 Å². The molecule has 1 heterocycles. The van der Waals surface area contributed by atoms with Crippen LogP contribution in [0, 0.1) is 0 Å². The summed E-state index contributed by atoms with van der Waals surface area (Å²) in [5.41, 5.74) is 0. The summed E-state index contributed by atoms with van der Waals surface area (Å²) in [5.74, 6) is 0. The van der Waals surface area contributed by atoms with E-state index in [2.05, 4.69) is 17.4 Å². The first-order valence-electron chi connectivity index (χ1n) is 6.72. The molecule has 1 amide bonds. The zero-order chi connectivity index (χ0) is 16.6. The van der Waals surface area contributed by atoms with Gasteiger partial charge in [-0.3, -0.25) is 4.79 Å². The first-order chi connectivity index (χ1) is 9.40. The van der Waals surface area contributed by atoms with Crippen molar-refractivity contribution in [3.8, 4) is 0 Å². The Labute approximate surface area is 128 Å². The van der Waals surface area contributed by atoms with E-state index in [1.54, 1.807) is 18.7 Å². The highest BCUT2D eigenvalue weighted by Crippen LogP contribution is 2.16. The molecular weight excluding hydrogens is 278 g/mol. The van der Waals surface area contributed by atoms with Gasteiger partial charge in [-0.15, -0.1) is 12.6 Å². The summed E-state index contributed by atoms with van der Waals surface area (Å²) in [5, 5.41) is 0. The predicted molar refractivity (Wildman–Crippen MR) is 86.0 cm³/mol. The van der Waals surface area contributed by atoms with Gasteiger partial charge in [-0.1, -0.05) is 39.8 Å². The second-order valence-electron chi connectivity index (χ2n) is 3.52. The van der Waals surface area contributed by atoms with Crippen molar-refractivity contribution < 1.29 is 19.1 Å². The number of hydrogen-bond acceptors (Lipinski definition) is 5. The SMILES string of the molecule is CC.CC.CC(C)(S)OC(=O)N1CC=CC1.COC=O. The van der Waals surface area contributed by atoms with Gasteiger partial charge in [0.1, 0.15) is 0 Å². The Hall–Kier alpha value is -1.17. The molecule has 0 aromatic carbocycles. The molecule has 0 aromatic heterocycles. The van der Waals surface area contributed by atoms with E-state index in [0.29, 0.717) is 19.6 Å². The molecule has 0 saturated carbocycles. The molecule has 0 N–H and O–H groups in total. The van der Waals surface area contributed by atoms with Crippen LogP contribution in [0.15, 0.2) is 12.2 Å². The molecule has 20 heavy (non-hydrogen) atoms. The minimum Gasteiger partial charge on any atom is -0.471 e. The number of carbonyl (C=O) groups excluding carboxylic acids is 2. The first kappa shape index (κ1) is 23.9. The summed E-state index contributed by atoms with van der Waals surface area (Å²) in [6.07, 6.45) is 3.57. The van der Waals surface area contributed by atoms with Gasteiger partial charge in [0.15, 0.2) is 4.93 Å². The third kappa shape index (κ3) is 16.8. The van der Waals surface area contributed by atoms with Crippen LogP contribution in [0.1, 0.15) is 41.5 Å². The lowest BCUT2D eigenvalue weighted by atomic mass is 10.5. The highest BCUT2D eigenvalue weighted by molar-refractivity contribution is 7.81. The average Bonchev–Trinajstić information content (AvgIpc) is 2.96. The molecule has 1 aliphatic rings. The fraction of sp³-hybridized carbons (Fsp3) is 0.714. The average molecular weight is 307 g/mol. The summed E-state index contributed by atoms with van der Waals surface area (Å²) in [6.45, 7) is 13.1. The van der Waals surface area contributed by atoms with Crippen LogP contribution in [0.5, 0.6) is 0 Å². The summed E-state index contributed by atoms with van der Waals surface area (Å²) < 4.78 is 8.89. The maximum atomic E-state index is 11.3. The maximum absolute atomic E-state index is 11.3. The normalized spacial score (nSPS) is 11.7. The summed E-state index contributed by atoms with van der Waals surface area (Å²) >= 11 is 4.10. The van der Waals surface area contributed by atoms with Crippen molar-refractivity contribution in [1.29, 1.82) is 0 Å². The van der Waals surface area contributed by atoms with Crippen LogP contribution in [0.4, 0.5) is 4.79 Å². The minimum atomic E-state index is -0.695. The highest BCUT2D eigenvalue weighted by Gasteiger charge is 2.22. The topological polar surface area (TPSA) is 55.8 Å². The van der Waals surface area contributed by atoms with Gasteiger partial charge in [-0.2, -0.15) is 0 Å². The Morgan fingerprint density at radius 2 is 1.55 bits per heavy atom. The van der Waals surface area contributed by atoms with E-state index in [1.807, 2.05) is 39.8 Å². The third-order valence-corrected chi connectivity index (χ3v) is 1.60. The summed E-state index contributed by atoms with van der Waals surface area (Å²) in [4.78, 5) is 21.1. The zero-order valence-corrected chi connectivity index (χ0v) is 14.6. The molecule has 0 atom stereocenters. The smallest absolute Gasteiger partial charge is 0.411 e. The lowest BCUT2D eigenvalue weighted by Gasteiger charge is -2.23. The number of ether oxygens (including phenoxy) is 2. The second kappa shape index (κ2) is 15.9. The zero-order valence-electron chi connectivity index (χ0n) is 13.7. The van der Waals surface area contributed by atoms with Gasteiger partial charge in [0.25, 0.3) is 6.47 Å². The van der Waals surface area contributed by atoms with E-state index in [-0.39, 0.29) is 6.09 Å². The van der Waals surface area contributed by atoms with Gasteiger partial charge >= 0.3 is 6.09 Å². The van der Waals surface area contributed by atoms with E-state index >= 15 is 0 Å². The van der Waals surface area contributed by atoms with Crippen LogP contribution in [-0.4, -0.2) is 42.6 Å². The molecular formula is C14H29NO4S. The maximum Gasteiger partial charge on any atom is 0.411 e. The fourth-order valence-corrected chi connectivity index (χ4v) is 0.983. The highest BCUT2D eigenvalue weighted by atomic mass is 32.1. The number of methoxy groups -OCH3 is 1. The molecule has 0 saturated heterocycles. The number of rotatable bonds is 2. The number of amides is 1. The van der Waals surface area contributed by atoms with E-state index < -0.39 is 4.93 Å². The molecule has 0 aromatic rings. The molecule has 0 fully saturated rings. The molecule has 0 unspecified atom stereocenters. The second-order valence-corrected chi connectivity index (χ2v) is 4.60. The molecule has 0 radical (unpaired) electrons. The van der Waals surface area contributed by atoms with Crippen molar-refractivity contribution in [3.05, 3.63) is 12.2 Å². The van der Waals surface area contributed by atoms with Crippen LogP contribution >= 0.6 is 12.6 Å². The molecule has 0 aliphatic carbocycles. The number of thiol groups is 1. The lowest BCUT2D eigenvalue weighted by Crippen LogP contribution is -2.34. The standard InChI is InChI=1S/C8H13NO2S.C2H4O2.2C2H6/c1-8(2,12)11-7(10)9-5-3-4-6-9;1-4-2-3;2*1-2/h3-4,12H,5-6H2,1-2H3;2H,1H3;2*1-2H3. The van der Waals surface area contributed by atoms with Gasteiger partial charge in [0.05, 0.1) is 7.11 Å². The molecule has 0 bridgehead atoms. The Balaban J connectivity index is -0.000000306. The van der Waals surface area contributed by atoms with Crippen LogP contribution in [0.2, 0.25) is 0 Å². The molecule has 5 nitrogen and oxygen atoms in total. The minimum absolute atomic E-state index is 0.306.